The normalized spacial score (nSPS) is 15.2. The van der Waals surface area contributed by atoms with Crippen molar-refractivity contribution in [2.24, 2.45) is 0 Å². The molecule has 1 fully saturated rings. The molecule has 2 heterocycles. The van der Waals surface area contributed by atoms with E-state index in [0.717, 1.165) is 54.1 Å². The maximum atomic E-state index is 12.4. The third-order valence-electron chi connectivity index (χ3n) is 5.59. The Morgan fingerprint density at radius 2 is 1.74 bits per heavy atom. The number of nitrogens with one attached hydrogen (secondary N) is 1. The van der Waals surface area contributed by atoms with E-state index < -0.39 is 0 Å². The van der Waals surface area contributed by atoms with Crippen LogP contribution >= 0.6 is 0 Å². The van der Waals surface area contributed by atoms with Gasteiger partial charge in [-0.1, -0.05) is 12.1 Å². The van der Waals surface area contributed by atoms with E-state index in [1.54, 1.807) is 13.2 Å². The molecule has 7 heteroatoms. The number of benzene rings is 2. The van der Waals surface area contributed by atoms with E-state index in [2.05, 4.69) is 15.1 Å². The van der Waals surface area contributed by atoms with Gasteiger partial charge in [-0.15, -0.1) is 0 Å². The minimum atomic E-state index is -0.318. The highest BCUT2D eigenvalue weighted by atomic mass is 16.5. The summed E-state index contributed by atoms with van der Waals surface area (Å²) in [5.74, 6) is 0.730. The van der Waals surface area contributed by atoms with Crippen molar-refractivity contribution in [2.75, 3.05) is 45.2 Å². The molecule has 162 valence electrons. The maximum Gasteiger partial charge on any atom is 0.336 e. The first-order chi connectivity index (χ1) is 15.0. The van der Waals surface area contributed by atoms with Gasteiger partial charge in [-0.2, -0.15) is 0 Å². The number of carbonyl (C=O) groups is 1. The van der Waals surface area contributed by atoms with Crippen LogP contribution in [0.5, 0.6) is 5.75 Å². The Hall–Kier alpha value is -3.16. The topological polar surface area (TPSA) is 75.0 Å². The molecule has 1 aliphatic rings. The van der Waals surface area contributed by atoms with Gasteiger partial charge in [0.1, 0.15) is 11.3 Å². The van der Waals surface area contributed by atoms with Gasteiger partial charge in [0.25, 0.3) is 0 Å². The summed E-state index contributed by atoms with van der Waals surface area (Å²) in [6, 6.07) is 14.8. The second-order valence-electron chi connectivity index (χ2n) is 7.92. The van der Waals surface area contributed by atoms with Crippen LogP contribution in [-0.2, 0) is 11.3 Å². The molecule has 0 bridgehead atoms. The first-order valence-electron chi connectivity index (χ1n) is 10.4. The Kier molecular flexibility index (Phi) is 6.34. The minimum absolute atomic E-state index is 0.0272. The van der Waals surface area contributed by atoms with E-state index >= 15 is 0 Å². The van der Waals surface area contributed by atoms with Crippen LogP contribution < -0.4 is 15.7 Å². The molecule has 7 nitrogen and oxygen atoms in total. The lowest BCUT2D eigenvalue weighted by molar-refractivity contribution is -0.117. The number of anilines is 1. The molecule has 0 atom stereocenters. The van der Waals surface area contributed by atoms with Crippen molar-refractivity contribution in [3.05, 3.63) is 70.1 Å². The van der Waals surface area contributed by atoms with Crippen molar-refractivity contribution in [1.29, 1.82) is 0 Å². The van der Waals surface area contributed by atoms with Crippen molar-refractivity contribution < 1.29 is 13.9 Å². The van der Waals surface area contributed by atoms with Gasteiger partial charge < -0.3 is 14.5 Å². The monoisotopic (exact) mass is 421 g/mol. The molecule has 4 rings (SSSR count). The van der Waals surface area contributed by atoms with Gasteiger partial charge in [0.05, 0.1) is 13.7 Å². The fourth-order valence-electron chi connectivity index (χ4n) is 3.89. The summed E-state index contributed by atoms with van der Waals surface area (Å²) in [6.07, 6.45) is 0. The first kappa shape index (κ1) is 21.1. The molecular weight excluding hydrogens is 394 g/mol. The van der Waals surface area contributed by atoms with Gasteiger partial charge in [-0.25, -0.2) is 4.79 Å². The quantitative estimate of drug-likeness (QED) is 0.617. The van der Waals surface area contributed by atoms with E-state index in [9.17, 15) is 9.59 Å². The van der Waals surface area contributed by atoms with Gasteiger partial charge in [0.2, 0.25) is 5.91 Å². The van der Waals surface area contributed by atoms with E-state index in [-0.39, 0.29) is 11.5 Å². The van der Waals surface area contributed by atoms with E-state index in [1.807, 2.05) is 49.4 Å². The second-order valence-corrected chi connectivity index (χ2v) is 7.92. The number of rotatable bonds is 6. The van der Waals surface area contributed by atoms with Crippen LogP contribution in [0.15, 0.2) is 57.7 Å². The zero-order valence-corrected chi connectivity index (χ0v) is 17.9. The van der Waals surface area contributed by atoms with E-state index in [4.69, 9.17) is 9.15 Å². The predicted octanol–water partition coefficient (Wildman–Crippen LogP) is 2.87. The van der Waals surface area contributed by atoms with Gasteiger partial charge in [-0.3, -0.25) is 14.6 Å². The molecule has 1 N–H and O–H groups in total. The van der Waals surface area contributed by atoms with Gasteiger partial charge >= 0.3 is 5.63 Å². The lowest BCUT2D eigenvalue weighted by atomic mass is 10.1. The van der Waals surface area contributed by atoms with E-state index in [0.29, 0.717) is 18.7 Å². The molecule has 0 saturated carbocycles. The molecule has 31 heavy (non-hydrogen) atoms. The Labute approximate surface area is 181 Å². The molecule has 1 saturated heterocycles. The zero-order valence-electron chi connectivity index (χ0n) is 17.9. The predicted molar refractivity (Wildman–Crippen MR) is 121 cm³/mol. The van der Waals surface area contributed by atoms with Crippen LogP contribution in [0, 0.1) is 6.92 Å². The molecule has 0 radical (unpaired) electrons. The van der Waals surface area contributed by atoms with Crippen molar-refractivity contribution >= 4 is 22.6 Å². The Balaban J connectivity index is 1.31. The molecule has 1 aromatic heterocycles. The van der Waals surface area contributed by atoms with E-state index in [1.165, 1.54) is 0 Å². The fraction of sp³-hybridized carbons (Fsp3) is 0.333. The number of hydrogen-bond acceptors (Lipinski definition) is 6. The zero-order chi connectivity index (χ0) is 21.8. The summed E-state index contributed by atoms with van der Waals surface area (Å²) in [5, 5.41) is 3.91. The highest BCUT2D eigenvalue weighted by molar-refractivity contribution is 5.92. The fourth-order valence-corrected chi connectivity index (χ4v) is 3.89. The third kappa shape index (κ3) is 5.31. The third-order valence-corrected chi connectivity index (χ3v) is 5.59. The maximum absolute atomic E-state index is 12.4. The van der Waals surface area contributed by atoms with Crippen molar-refractivity contribution in [2.45, 2.75) is 13.5 Å². The standard InChI is InChI=1S/C24H27N3O4/c1-17-3-8-21-18(14-24(29)31-22(21)13-17)15-26-9-11-27(12-10-26)16-23(28)25-19-4-6-20(30-2)7-5-19/h3-8,13-14H,9-12,15-16H2,1-2H3,(H,25,28). The summed E-state index contributed by atoms with van der Waals surface area (Å²) in [7, 11) is 1.61. The number of hydrogen-bond donors (Lipinski definition) is 1. The minimum Gasteiger partial charge on any atom is -0.497 e. The lowest BCUT2D eigenvalue weighted by Crippen LogP contribution is -2.48. The smallest absolute Gasteiger partial charge is 0.336 e. The Morgan fingerprint density at radius 1 is 1.03 bits per heavy atom. The summed E-state index contributed by atoms with van der Waals surface area (Å²) in [4.78, 5) is 28.8. The summed E-state index contributed by atoms with van der Waals surface area (Å²) < 4.78 is 10.5. The van der Waals surface area contributed by atoms with Crippen LogP contribution in [0.1, 0.15) is 11.1 Å². The number of nitrogens with zero attached hydrogens (tertiary/aromatic N) is 2. The summed E-state index contributed by atoms with van der Waals surface area (Å²) >= 11 is 0. The summed E-state index contributed by atoms with van der Waals surface area (Å²) in [5.41, 5.74) is 3.12. The number of carbonyl (C=O) groups excluding carboxylic acids is 1. The van der Waals surface area contributed by atoms with Crippen LogP contribution in [-0.4, -0.2) is 55.5 Å². The second kappa shape index (κ2) is 9.32. The Bertz CT molecular complexity index is 1120. The highest BCUT2D eigenvalue weighted by Crippen LogP contribution is 2.20. The molecule has 0 unspecified atom stereocenters. The number of ether oxygens (including phenoxy) is 1. The van der Waals surface area contributed by atoms with Crippen molar-refractivity contribution in [3.63, 3.8) is 0 Å². The number of amides is 1. The highest BCUT2D eigenvalue weighted by Gasteiger charge is 2.20. The average molecular weight is 421 g/mol. The molecule has 1 amide bonds. The molecule has 0 aliphatic carbocycles. The van der Waals surface area contributed by atoms with Crippen LogP contribution in [0.25, 0.3) is 11.0 Å². The van der Waals surface area contributed by atoms with Gasteiger partial charge in [-0.05, 0) is 48.4 Å². The van der Waals surface area contributed by atoms with Crippen molar-refractivity contribution in [1.82, 2.24) is 9.80 Å². The number of methoxy groups -OCH3 is 1. The molecular formula is C24H27N3O4. The van der Waals surface area contributed by atoms with Crippen LogP contribution in [0.2, 0.25) is 0 Å². The van der Waals surface area contributed by atoms with Crippen LogP contribution in [0.4, 0.5) is 5.69 Å². The molecule has 1 aliphatic heterocycles. The number of fused-ring (bicyclic) bond motifs is 1. The first-order valence-corrected chi connectivity index (χ1v) is 10.4. The Morgan fingerprint density at radius 3 is 2.45 bits per heavy atom. The number of aryl methyl sites for hydroxylation is 1. The molecule has 2 aromatic carbocycles. The van der Waals surface area contributed by atoms with Crippen molar-refractivity contribution in [3.8, 4) is 5.75 Å². The average Bonchev–Trinajstić information content (AvgIpc) is 2.75. The lowest BCUT2D eigenvalue weighted by Gasteiger charge is -2.34. The van der Waals surface area contributed by atoms with Crippen LogP contribution in [0.3, 0.4) is 0 Å². The van der Waals surface area contributed by atoms with Gasteiger partial charge in [0.15, 0.2) is 0 Å². The largest absolute Gasteiger partial charge is 0.497 e. The molecule has 0 spiro atoms. The number of piperazine rings is 1. The van der Waals surface area contributed by atoms with Gasteiger partial charge in [0, 0.05) is 49.9 Å². The summed E-state index contributed by atoms with van der Waals surface area (Å²) in [6.45, 7) is 6.31. The molecule has 3 aromatic rings. The SMILES string of the molecule is COc1ccc(NC(=O)CN2CCN(Cc3cc(=O)oc4cc(C)ccc34)CC2)cc1.